The Bertz CT molecular complexity index is 877. The zero-order chi connectivity index (χ0) is 16.9. The molecule has 0 amide bonds. The van der Waals surface area contributed by atoms with Crippen LogP contribution in [0.4, 0.5) is 0 Å². The molecule has 0 atom stereocenters. The highest BCUT2D eigenvalue weighted by Crippen LogP contribution is 2.26. The number of carbonyl (C=O) groups excluding carboxylic acids is 2. The van der Waals surface area contributed by atoms with Gasteiger partial charge in [-0.1, -0.05) is 67.6 Å². The summed E-state index contributed by atoms with van der Waals surface area (Å²) in [5.41, 5.74) is 1.55. The van der Waals surface area contributed by atoms with Crippen molar-refractivity contribution in [2.75, 3.05) is 6.61 Å². The summed E-state index contributed by atoms with van der Waals surface area (Å²) >= 11 is 0. The van der Waals surface area contributed by atoms with Crippen LogP contribution in [-0.2, 0) is 4.74 Å². The Morgan fingerprint density at radius 3 is 2.17 bits per heavy atom. The zero-order valence-electron chi connectivity index (χ0n) is 13.5. The lowest BCUT2D eigenvalue weighted by atomic mass is 9.94. The van der Waals surface area contributed by atoms with Gasteiger partial charge >= 0.3 is 5.97 Å². The van der Waals surface area contributed by atoms with E-state index >= 15 is 0 Å². The molecule has 3 rings (SSSR count). The van der Waals surface area contributed by atoms with Crippen molar-refractivity contribution >= 4 is 22.5 Å². The standard InChI is InChI=1S/C21H18O3/c1-2-14-24-21(23)18-13-7-11-15-10-6-12-17(19(15)18)20(22)16-8-4-3-5-9-16/h3-13H,2,14H2,1H3. The Hall–Kier alpha value is -2.94. The van der Waals surface area contributed by atoms with Crippen molar-refractivity contribution in [3.8, 4) is 0 Å². The summed E-state index contributed by atoms with van der Waals surface area (Å²) in [6, 6.07) is 20.0. The van der Waals surface area contributed by atoms with Crippen LogP contribution in [0.25, 0.3) is 10.8 Å². The summed E-state index contributed by atoms with van der Waals surface area (Å²) < 4.78 is 5.28. The summed E-state index contributed by atoms with van der Waals surface area (Å²) in [4.78, 5) is 25.3. The van der Waals surface area contributed by atoms with Crippen LogP contribution in [0, 0.1) is 0 Å². The lowest BCUT2D eigenvalue weighted by Gasteiger charge is -2.11. The third-order valence-electron chi connectivity index (χ3n) is 3.84. The second kappa shape index (κ2) is 7.09. The van der Waals surface area contributed by atoms with Crippen LogP contribution >= 0.6 is 0 Å². The first-order chi connectivity index (χ1) is 11.7. The second-order valence-corrected chi connectivity index (χ2v) is 5.54. The largest absolute Gasteiger partial charge is 0.462 e. The number of rotatable bonds is 5. The van der Waals surface area contributed by atoms with Crippen molar-refractivity contribution in [2.24, 2.45) is 0 Å². The Morgan fingerprint density at radius 1 is 0.833 bits per heavy atom. The maximum absolute atomic E-state index is 12.9. The Labute approximate surface area is 140 Å². The smallest absolute Gasteiger partial charge is 0.338 e. The van der Waals surface area contributed by atoms with E-state index in [9.17, 15) is 9.59 Å². The van der Waals surface area contributed by atoms with Crippen LogP contribution in [0.5, 0.6) is 0 Å². The van der Waals surface area contributed by atoms with E-state index in [0.29, 0.717) is 28.7 Å². The molecule has 0 aromatic heterocycles. The van der Waals surface area contributed by atoms with Crippen LogP contribution in [0.15, 0.2) is 66.7 Å². The molecule has 0 aliphatic carbocycles. The number of ether oxygens (including phenoxy) is 1. The predicted molar refractivity (Wildman–Crippen MR) is 94.4 cm³/mol. The average Bonchev–Trinajstić information content (AvgIpc) is 2.65. The summed E-state index contributed by atoms with van der Waals surface area (Å²) in [6.07, 6.45) is 0.756. The maximum atomic E-state index is 12.9. The number of carbonyl (C=O) groups is 2. The molecule has 24 heavy (non-hydrogen) atoms. The van der Waals surface area contributed by atoms with Crippen molar-refractivity contribution < 1.29 is 14.3 Å². The minimum atomic E-state index is -0.393. The minimum Gasteiger partial charge on any atom is -0.462 e. The first-order valence-electron chi connectivity index (χ1n) is 8.01. The van der Waals surface area contributed by atoms with E-state index < -0.39 is 5.97 Å². The number of benzene rings is 3. The van der Waals surface area contributed by atoms with E-state index in [1.807, 2.05) is 49.4 Å². The van der Waals surface area contributed by atoms with E-state index in [1.165, 1.54) is 0 Å². The molecule has 3 aromatic rings. The first-order valence-corrected chi connectivity index (χ1v) is 8.01. The first kappa shape index (κ1) is 15.9. The normalized spacial score (nSPS) is 10.5. The summed E-state index contributed by atoms with van der Waals surface area (Å²) in [5, 5.41) is 1.50. The molecule has 0 spiro atoms. The monoisotopic (exact) mass is 318 g/mol. The van der Waals surface area contributed by atoms with Crippen LogP contribution in [0.1, 0.15) is 39.6 Å². The van der Waals surface area contributed by atoms with E-state index in [4.69, 9.17) is 4.74 Å². The van der Waals surface area contributed by atoms with Gasteiger partial charge in [-0.2, -0.15) is 0 Å². The quantitative estimate of drug-likeness (QED) is 0.508. The van der Waals surface area contributed by atoms with Crippen LogP contribution in [-0.4, -0.2) is 18.4 Å². The molecule has 0 radical (unpaired) electrons. The van der Waals surface area contributed by atoms with Crippen molar-refractivity contribution in [2.45, 2.75) is 13.3 Å². The number of fused-ring (bicyclic) bond motifs is 1. The zero-order valence-corrected chi connectivity index (χ0v) is 13.5. The predicted octanol–water partition coefficient (Wildman–Crippen LogP) is 4.64. The topological polar surface area (TPSA) is 43.4 Å². The molecule has 0 aliphatic rings. The molecule has 0 saturated carbocycles. The molecule has 0 N–H and O–H groups in total. The molecular weight excluding hydrogens is 300 g/mol. The number of hydrogen-bond donors (Lipinski definition) is 0. The van der Waals surface area contributed by atoms with Gasteiger partial charge in [0.1, 0.15) is 0 Å². The van der Waals surface area contributed by atoms with Gasteiger partial charge in [0, 0.05) is 16.5 Å². The van der Waals surface area contributed by atoms with Crippen molar-refractivity contribution in [3.05, 3.63) is 83.4 Å². The molecular formula is C21H18O3. The van der Waals surface area contributed by atoms with Gasteiger partial charge < -0.3 is 4.74 Å². The van der Waals surface area contributed by atoms with Gasteiger partial charge in [0.05, 0.1) is 12.2 Å². The molecule has 0 aliphatic heterocycles. The van der Waals surface area contributed by atoms with E-state index in [-0.39, 0.29) is 5.78 Å². The Morgan fingerprint density at radius 2 is 1.50 bits per heavy atom. The highest BCUT2D eigenvalue weighted by Gasteiger charge is 2.18. The van der Waals surface area contributed by atoms with Gasteiger partial charge in [0.2, 0.25) is 0 Å². The Kier molecular flexibility index (Phi) is 4.71. The molecule has 3 aromatic carbocycles. The van der Waals surface area contributed by atoms with E-state index in [1.54, 1.807) is 24.3 Å². The highest BCUT2D eigenvalue weighted by molar-refractivity contribution is 6.20. The maximum Gasteiger partial charge on any atom is 0.338 e. The fourth-order valence-corrected chi connectivity index (χ4v) is 2.72. The van der Waals surface area contributed by atoms with Gasteiger partial charge in [0.15, 0.2) is 5.78 Å². The summed E-state index contributed by atoms with van der Waals surface area (Å²) in [7, 11) is 0. The molecule has 3 nitrogen and oxygen atoms in total. The molecule has 0 saturated heterocycles. The van der Waals surface area contributed by atoms with Crippen molar-refractivity contribution in [3.63, 3.8) is 0 Å². The van der Waals surface area contributed by atoms with Gasteiger partial charge in [0.25, 0.3) is 0 Å². The number of esters is 1. The van der Waals surface area contributed by atoms with Crippen LogP contribution in [0.3, 0.4) is 0 Å². The lowest BCUT2D eigenvalue weighted by molar-refractivity contribution is 0.0507. The molecule has 0 bridgehead atoms. The molecule has 3 heteroatoms. The molecule has 0 unspecified atom stereocenters. The van der Waals surface area contributed by atoms with Crippen molar-refractivity contribution in [1.29, 1.82) is 0 Å². The third-order valence-corrected chi connectivity index (χ3v) is 3.84. The van der Waals surface area contributed by atoms with Crippen LogP contribution in [0.2, 0.25) is 0 Å². The van der Waals surface area contributed by atoms with Gasteiger partial charge in [-0.25, -0.2) is 4.79 Å². The molecule has 0 heterocycles. The number of ketones is 1. The van der Waals surface area contributed by atoms with E-state index in [0.717, 1.165) is 11.8 Å². The molecule has 0 fully saturated rings. The SMILES string of the molecule is CCCOC(=O)c1cccc2cccc(C(=O)c3ccccc3)c12. The Balaban J connectivity index is 2.15. The van der Waals surface area contributed by atoms with Gasteiger partial charge in [-0.15, -0.1) is 0 Å². The fourth-order valence-electron chi connectivity index (χ4n) is 2.72. The minimum absolute atomic E-state index is 0.100. The van der Waals surface area contributed by atoms with Gasteiger partial charge in [-0.05, 0) is 17.9 Å². The van der Waals surface area contributed by atoms with Crippen LogP contribution < -0.4 is 0 Å². The number of hydrogen-bond acceptors (Lipinski definition) is 3. The second-order valence-electron chi connectivity index (χ2n) is 5.54. The van der Waals surface area contributed by atoms with E-state index in [2.05, 4.69) is 0 Å². The van der Waals surface area contributed by atoms with Gasteiger partial charge in [-0.3, -0.25) is 4.79 Å². The fraction of sp³-hybridized carbons (Fsp3) is 0.143. The average molecular weight is 318 g/mol. The summed E-state index contributed by atoms with van der Waals surface area (Å²) in [6.45, 7) is 2.31. The third kappa shape index (κ3) is 3.06. The highest BCUT2D eigenvalue weighted by atomic mass is 16.5. The molecule has 120 valence electrons. The summed E-state index contributed by atoms with van der Waals surface area (Å²) in [5.74, 6) is -0.493. The lowest BCUT2D eigenvalue weighted by Crippen LogP contribution is -2.09. The van der Waals surface area contributed by atoms with Crippen molar-refractivity contribution in [1.82, 2.24) is 0 Å².